The third kappa shape index (κ3) is 14.9. The van der Waals surface area contributed by atoms with Crippen LogP contribution in [0, 0.1) is 0 Å². The molecular weight excluding hydrogens is 263 g/mol. The molecule has 0 bridgehead atoms. The van der Waals surface area contributed by atoms with Gasteiger partial charge in [0.15, 0.2) is 0 Å². The van der Waals surface area contributed by atoms with Crippen LogP contribution in [0.25, 0.3) is 0 Å². The van der Waals surface area contributed by atoms with Crippen LogP contribution < -0.4 is 0 Å². The third-order valence-corrected chi connectivity index (χ3v) is 3.88. The molecule has 0 spiro atoms. The van der Waals surface area contributed by atoms with Crippen molar-refractivity contribution < 1.29 is 18.0 Å². The molecule has 0 aromatic heterocycles. The van der Waals surface area contributed by atoms with E-state index in [1.165, 1.54) is 44.9 Å². The minimum atomic E-state index is -3.67. The number of hydrogen-bond acceptors (Lipinski definition) is 4. The van der Waals surface area contributed by atoms with E-state index in [9.17, 15) is 8.42 Å². The second kappa shape index (κ2) is 14.3. The van der Waals surface area contributed by atoms with Gasteiger partial charge >= 0.3 is 29.6 Å². The third-order valence-electron chi connectivity index (χ3n) is 2.86. The van der Waals surface area contributed by atoms with E-state index in [0.29, 0.717) is 6.42 Å². The summed E-state index contributed by atoms with van der Waals surface area (Å²) in [5, 5.41) is 8.05. The van der Waals surface area contributed by atoms with Gasteiger partial charge in [0.05, 0.1) is 5.75 Å². The molecule has 0 amide bonds. The topological polar surface area (TPSA) is 63.6 Å². The van der Waals surface area contributed by atoms with Crippen LogP contribution in [0.3, 0.4) is 0 Å². The van der Waals surface area contributed by atoms with Crippen LogP contribution in [0.1, 0.15) is 71.1 Å². The summed E-state index contributed by atoms with van der Waals surface area (Å²) in [6.45, 7) is 2.21. The second-order valence-corrected chi connectivity index (χ2v) is 6.19. The number of rotatable bonds is 12. The summed E-state index contributed by atoms with van der Waals surface area (Å²) in [4.78, 5) is 0. The molecule has 0 aliphatic carbocycles. The maximum absolute atomic E-state index is 10.8. The Morgan fingerprint density at radius 1 is 0.833 bits per heavy atom. The van der Waals surface area contributed by atoms with Gasteiger partial charge in [0.2, 0.25) is 0 Å². The van der Waals surface area contributed by atoms with Crippen molar-refractivity contribution in [2.24, 2.45) is 0 Å². The van der Waals surface area contributed by atoms with Crippen molar-refractivity contribution in [1.82, 2.24) is 0 Å². The van der Waals surface area contributed by atoms with Gasteiger partial charge in [-0.05, 0) is 6.42 Å². The SMILES string of the molecule is CCCCCCCCCCCCS(=O)(=O)OO.[NaH]. The first-order valence-electron chi connectivity index (χ1n) is 6.68. The molecule has 0 fully saturated rings. The molecule has 0 radical (unpaired) electrons. The van der Waals surface area contributed by atoms with Crippen molar-refractivity contribution in [1.29, 1.82) is 0 Å². The molecule has 0 aromatic rings. The summed E-state index contributed by atoms with van der Waals surface area (Å²) in [6, 6.07) is 0. The predicted octanol–water partition coefficient (Wildman–Crippen LogP) is 3.08. The van der Waals surface area contributed by atoms with Gasteiger partial charge in [-0.25, -0.2) is 5.26 Å². The summed E-state index contributed by atoms with van der Waals surface area (Å²) < 4.78 is 24.9. The summed E-state index contributed by atoms with van der Waals surface area (Å²) >= 11 is 0. The van der Waals surface area contributed by atoms with Crippen LogP contribution in [-0.4, -0.2) is 49.0 Å². The zero-order chi connectivity index (χ0) is 13.0. The Labute approximate surface area is 134 Å². The van der Waals surface area contributed by atoms with Crippen LogP contribution in [0.5, 0.6) is 0 Å². The van der Waals surface area contributed by atoms with Gasteiger partial charge in [0.1, 0.15) is 0 Å². The van der Waals surface area contributed by atoms with E-state index in [0.717, 1.165) is 12.8 Å². The van der Waals surface area contributed by atoms with E-state index < -0.39 is 10.1 Å². The molecule has 18 heavy (non-hydrogen) atoms. The fourth-order valence-electron chi connectivity index (χ4n) is 1.80. The first-order chi connectivity index (χ1) is 8.12. The van der Waals surface area contributed by atoms with Crippen molar-refractivity contribution in [3.8, 4) is 0 Å². The number of unbranched alkanes of at least 4 members (excludes halogenated alkanes) is 9. The molecule has 0 aliphatic heterocycles. The van der Waals surface area contributed by atoms with E-state index in [2.05, 4.69) is 11.3 Å². The van der Waals surface area contributed by atoms with Gasteiger partial charge in [-0.15, -0.1) is 4.33 Å². The minimum absolute atomic E-state index is 0. The average molecular weight is 290 g/mol. The molecule has 4 nitrogen and oxygen atoms in total. The van der Waals surface area contributed by atoms with Crippen LogP contribution in [0.2, 0.25) is 0 Å². The van der Waals surface area contributed by atoms with Gasteiger partial charge in [-0.2, -0.15) is 8.42 Å². The molecule has 1 N–H and O–H groups in total. The number of hydrogen-bond donors (Lipinski definition) is 1. The van der Waals surface area contributed by atoms with Crippen molar-refractivity contribution >= 4 is 39.7 Å². The average Bonchev–Trinajstić information content (AvgIpc) is 2.31. The van der Waals surface area contributed by atoms with Gasteiger partial charge in [0.25, 0.3) is 10.1 Å². The molecular formula is C12H27NaO4S. The zero-order valence-electron chi connectivity index (χ0n) is 10.9. The predicted molar refractivity (Wildman–Crippen MR) is 76.5 cm³/mol. The van der Waals surface area contributed by atoms with Crippen LogP contribution in [0.15, 0.2) is 0 Å². The molecule has 0 unspecified atom stereocenters. The quantitative estimate of drug-likeness (QED) is 0.260. The molecule has 0 aromatic carbocycles. The van der Waals surface area contributed by atoms with E-state index in [4.69, 9.17) is 5.26 Å². The van der Waals surface area contributed by atoms with Crippen LogP contribution in [0.4, 0.5) is 0 Å². The van der Waals surface area contributed by atoms with Crippen molar-refractivity contribution in [3.05, 3.63) is 0 Å². The molecule has 106 valence electrons. The first-order valence-corrected chi connectivity index (χ1v) is 8.26. The standard InChI is InChI=1S/C12H26O4S.Na.H/c1-2-3-4-5-6-7-8-9-10-11-12-17(14,15)16-13;;/h13H,2-12H2,1H3;;. The van der Waals surface area contributed by atoms with Crippen LogP contribution in [-0.2, 0) is 14.5 Å². The Hall–Kier alpha value is 0.870. The van der Waals surface area contributed by atoms with Crippen molar-refractivity contribution in [3.63, 3.8) is 0 Å². The van der Waals surface area contributed by atoms with Gasteiger partial charge in [0, 0.05) is 0 Å². The summed E-state index contributed by atoms with van der Waals surface area (Å²) in [7, 11) is -3.67. The van der Waals surface area contributed by atoms with Gasteiger partial charge in [-0.1, -0.05) is 64.7 Å². The van der Waals surface area contributed by atoms with Crippen LogP contribution >= 0.6 is 0 Å². The molecule has 6 heteroatoms. The van der Waals surface area contributed by atoms with E-state index in [1.807, 2.05) is 0 Å². The first kappa shape index (κ1) is 21.2. The fraction of sp³-hybridized carbons (Fsp3) is 1.00. The Kier molecular flexibility index (Phi) is 16.8. The Morgan fingerprint density at radius 3 is 1.61 bits per heavy atom. The monoisotopic (exact) mass is 290 g/mol. The summed E-state index contributed by atoms with van der Waals surface area (Å²) in [6.07, 6.45) is 11.5. The Bertz CT molecular complexity index is 255. The zero-order valence-corrected chi connectivity index (χ0v) is 11.7. The maximum atomic E-state index is 10.8. The molecule has 0 heterocycles. The molecule has 0 saturated heterocycles. The van der Waals surface area contributed by atoms with Crippen molar-refractivity contribution in [2.45, 2.75) is 71.1 Å². The molecule has 0 aliphatic rings. The van der Waals surface area contributed by atoms with Crippen molar-refractivity contribution in [2.75, 3.05) is 5.75 Å². The Morgan fingerprint density at radius 2 is 1.22 bits per heavy atom. The van der Waals surface area contributed by atoms with Gasteiger partial charge in [-0.3, -0.25) is 0 Å². The molecule has 0 atom stereocenters. The Balaban J connectivity index is 0. The summed E-state index contributed by atoms with van der Waals surface area (Å²) in [5.74, 6) is -0.0833. The van der Waals surface area contributed by atoms with E-state index >= 15 is 0 Å². The fourth-order valence-corrected chi connectivity index (χ4v) is 2.44. The summed E-state index contributed by atoms with van der Waals surface area (Å²) in [5.41, 5.74) is 0. The second-order valence-electron chi connectivity index (χ2n) is 4.52. The molecule has 0 saturated carbocycles. The van der Waals surface area contributed by atoms with Gasteiger partial charge < -0.3 is 0 Å². The normalized spacial score (nSPS) is 11.2. The van der Waals surface area contributed by atoms with E-state index in [1.54, 1.807) is 0 Å². The molecule has 0 rings (SSSR count). The van der Waals surface area contributed by atoms with E-state index in [-0.39, 0.29) is 35.3 Å².